The first-order chi connectivity index (χ1) is 9.88. The third kappa shape index (κ3) is 3.86. The molecule has 1 atom stereocenters. The van der Waals surface area contributed by atoms with E-state index in [-0.39, 0.29) is 0 Å². The molecule has 3 heteroatoms. The number of ether oxygens (including phenoxy) is 1. The average molecular weight is 349 g/mol. The summed E-state index contributed by atoms with van der Waals surface area (Å²) in [6.45, 7) is 8.12. The van der Waals surface area contributed by atoms with Gasteiger partial charge in [0.15, 0.2) is 0 Å². The van der Waals surface area contributed by atoms with Crippen LogP contribution in [-0.4, -0.2) is 5.11 Å². The van der Waals surface area contributed by atoms with Gasteiger partial charge in [-0.1, -0.05) is 32.0 Å². The minimum atomic E-state index is -0.485. The van der Waals surface area contributed by atoms with Crippen molar-refractivity contribution in [1.82, 2.24) is 0 Å². The molecular weight excluding hydrogens is 328 g/mol. The molecule has 0 fully saturated rings. The van der Waals surface area contributed by atoms with Crippen LogP contribution in [-0.2, 0) is 0 Å². The van der Waals surface area contributed by atoms with Crippen LogP contribution in [0.5, 0.6) is 11.5 Å². The highest BCUT2D eigenvalue weighted by Crippen LogP contribution is 2.34. The zero-order valence-electron chi connectivity index (χ0n) is 12.9. The molecule has 0 amide bonds. The molecule has 2 rings (SSSR count). The highest BCUT2D eigenvalue weighted by Gasteiger charge is 2.10. The standard InChI is InChI=1S/C18H21BrO2/c1-11(2)14-6-5-12(3)18(10-14)21-17-8-7-15(13(4)20)9-16(17)19/h5-11,13,20H,1-4H3. The molecule has 0 spiro atoms. The van der Waals surface area contributed by atoms with Gasteiger partial charge < -0.3 is 9.84 Å². The molecule has 1 unspecified atom stereocenters. The summed E-state index contributed by atoms with van der Waals surface area (Å²) >= 11 is 3.51. The van der Waals surface area contributed by atoms with Gasteiger partial charge in [0, 0.05) is 0 Å². The van der Waals surface area contributed by atoms with Gasteiger partial charge in [0.05, 0.1) is 10.6 Å². The van der Waals surface area contributed by atoms with Crippen molar-refractivity contribution in [1.29, 1.82) is 0 Å². The van der Waals surface area contributed by atoms with E-state index in [0.29, 0.717) is 5.92 Å². The second-order valence-electron chi connectivity index (χ2n) is 5.65. The summed E-state index contributed by atoms with van der Waals surface area (Å²) < 4.78 is 6.88. The van der Waals surface area contributed by atoms with E-state index in [1.54, 1.807) is 6.92 Å². The maximum atomic E-state index is 9.61. The lowest BCUT2D eigenvalue weighted by Gasteiger charge is -2.14. The Kier molecular flexibility index (Phi) is 5.07. The van der Waals surface area contributed by atoms with E-state index in [9.17, 15) is 5.11 Å². The zero-order valence-corrected chi connectivity index (χ0v) is 14.4. The number of halogens is 1. The second kappa shape index (κ2) is 6.63. The minimum absolute atomic E-state index is 0.467. The van der Waals surface area contributed by atoms with Gasteiger partial charge in [-0.3, -0.25) is 0 Å². The largest absolute Gasteiger partial charge is 0.456 e. The first-order valence-corrected chi connectivity index (χ1v) is 7.93. The molecule has 0 aromatic heterocycles. The molecule has 0 radical (unpaired) electrons. The molecule has 0 aliphatic heterocycles. The molecule has 2 aromatic rings. The Balaban J connectivity index is 2.32. The molecule has 21 heavy (non-hydrogen) atoms. The predicted molar refractivity (Wildman–Crippen MR) is 90.1 cm³/mol. The van der Waals surface area contributed by atoms with Gasteiger partial charge in [0.25, 0.3) is 0 Å². The number of rotatable bonds is 4. The first-order valence-electron chi connectivity index (χ1n) is 7.14. The zero-order chi connectivity index (χ0) is 15.6. The van der Waals surface area contributed by atoms with Gasteiger partial charge in [-0.25, -0.2) is 0 Å². The molecule has 2 nitrogen and oxygen atoms in total. The highest BCUT2D eigenvalue weighted by molar-refractivity contribution is 9.10. The maximum absolute atomic E-state index is 9.61. The van der Waals surface area contributed by atoms with Gasteiger partial charge in [-0.15, -0.1) is 0 Å². The molecule has 0 saturated carbocycles. The fourth-order valence-corrected chi connectivity index (χ4v) is 2.54. The quantitative estimate of drug-likeness (QED) is 0.764. The Bertz CT molecular complexity index is 633. The van der Waals surface area contributed by atoms with Crippen LogP contribution in [0.4, 0.5) is 0 Å². The summed E-state index contributed by atoms with van der Waals surface area (Å²) in [5.41, 5.74) is 3.22. The van der Waals surface area contributed by atoms with E-state index < -0.39 is 6.10 Å². The smallest absolute Gasteiger partial charge is 0.141 e. The average Bonchev–Trinajstić information content (AvgIpc) is 2.42. The second-order valence-corrected chi connectivity index (χ2v) is 6.50. The summed E-state index contributed by atoms with van der Waals surface area (Å²) in [4.78, 5) is 0. The minimum Gasteiger partial charge on any atom is -0.456 e. The predicted octanol–water partition coefficient (Wildman–Crippen LogP) is 5.73. The maximum Gasteiger partial charge on any atom is 0.141 e. The van der Waals surface area contributed by atoms with Crippen LogP contribution in [0.3, 0.4) is 0 Å². The third-order valence-corrected chi connectivity index (χ3v) is 4.16. The van der Waals surface area contributed by atoms with Crippen molar-refractivity contribution in [3.05, 3.63) is 57.6 Å². The SMILES string of the molecule is Cc1ccc(C(C)C)cc1Oc1ccc(C(C)O)cc1Br. The molecule has 0 aliphatic carbocycles. The summed E-state index contributed by atoms with van der Waals surface area (Å²) in [6.07, 6.45) is -0.485. The number of aryl methyl sites for hydroxylation is 1. The highest BCUT2D eigenvalue weighted by atomic mass is 79.9. The van der Waals surface area contributed by atoms with Crippen LogP contribution in [0.1, 0.15) is 49.5 Å². The molecule has 0 bridgehead atoms. The van der Waals surface area contributed by atoms with E-state index in [1.165, 1.54) is 5.56 Å². The first kappa shape index (κ1) is 16.1. The Hall–Kier alpha value is -1.32. The Labute approximate surface area is 134 Å². The van der Waals surface area contributed by atoms with Crippen LogP contribution >= 0.6 is 15.9 Å². The van der Waals surface area contributed by atoms with Crippen molar-refractivity contribution < 1.29 is 9.84 Å². The monoisotopic (exact) mass is 348 g/mol. The van der Waals surface area contributed by atoms with Gasteiger partial charge in [0.1, 0.15) is 11.5 Å². The van der Waals surface area contributed by atoms with Crippen molar-refractivity contribution in [3.63, 3.8) is 0 Å². The van der Waals surface area contributed by atoms with E-state index in [1.807, 2.05) is 25.1 Å². The number of benzene rings is 2. The van der Waals surface area contributed by atoms with E-state index >= 15 is 0 Å². The van der Waals surface area contributed by atoms with Crippen LogP contribution in [0.25, 0.3) is 0 Å². The lowest BCUT2D eigenvalue weighted by molar-refractivity contribution is 0.199. The fraction of sp³-hybridized carbons (Fsp3) is 0.333. The van der Waals surface area contributed by atoms with E-state index in [2.05, 4.69) is 48.0 Å². The third-order valence-electron chi connectivity index (χ3n) is 3.54. The lowest BCUT2D eigenvalue weighted by Crippen LogP contribution is -1.95. The molecule has 112 valence electrons. The summed E-state index contributed by atoms with van der Waals surface area (Å²) in [5.74, 6) is 2.09. The van der Waals surface area contributed by atoms with Crippen molar-refractivity contribution in [2.24, 2.45) is 0 Å². The molecule has 0 saturated heterocycles. The molecule has 2 aromatic carbocycles. The molecule has 0 aliphatic rings. The molecular formula is C18H21BrO2. The van der Waals surface area contributed by atoms with Crippen LogP contribution in [0.2, 0.25) is 0 Å². The number of aliphatic hydroxyl groups is 1. The Morgan fingerprint density at radius 3 is 2.19 bits per heavy atom. The summed E-state index contributed by atoms with van der Waals surface area (Å²) in [5, 5.41) is 9.61. The van der Waals surface area contributed by atoms with Crippen molar-refractivity contribution in [2.45, 2.75) is 39.7 Å². The van der Waals surface area contributed by atoms with Crippen molar-refractivity contribution in [2.75, 3.05) is 0 Å². The van der Waals surface area contributed by atoms with Crippen LogP contribution in [0, 0.1) is 6.92 Å². The number of hydrogen-bond acceptors (Lipinski definition) is 2. The lowest BCUT2D eigenvalue weighted by atomic mass is 10.0. The molecule has 0 heterocycles. The van der Waals surface area contributed by atoms with Crippen molar-refractivity contribution in [3.8, 4) is 11.5 Å². The topological polar surface area (TPSA) is 29.5 Å². The van der Waals surface area contributed by atoms with Crippen LogP contribution in [0.15, 0.2) is 40.9 Å². The van der Waals surface area contributed by atoms with Crippen LogP contribution < -0.4 is 4.74 Å². The summed E-state index contributed by atoms with van der Waals surface area (Å²) in [6, 6.07) is 12.0. The van der Waals surface area contributed by atoms with E-state index in [4.69, 9.17) is 4.74 Å². The number of aliphatic hydroxyl groups excluding tert-OH is 1. The fourth-order valence-electron chi connectivity index (χ4n) is 2.06. The van der Waals surface area contributed by atoms with Gasteiger partial charge in [-0.05, 0) is 70.6 Å². The Morgan fingerprint density at radius 2 is 1.62 bits per heavy atom. The van der Waals surface area contributed by atoms with E-state index in [0.717, 1.165) is 27.1 Å². The molecule has 1 N–H and O–H groups in total. The van der Waals surface area contributed by atoms with Crippen molar-refractivity contribution >= 4 is 15.9 Å². The van der Waals surface area contributed by atoms with Gasteiger partial charge >= 0.3 is 0 Å². The normalized spacial score (nSPS) is 12.5. The van der Waals surface area contributed by atoms with Gasteiger partial charge in [0.2, 0.25) is 0 Å². The summed E-state index contributed by atoms with van der Waals surface area (Å²) in [7, 11) is 0. The Morgan fingerprint density at radius 1 is 0.952 bits per heavy atom. The van der Waals surface area contributed by atoms with Gasteiger partial charge in [-0.2, -0.15) is 0 Å². The number of hydrogen-bond donors (Lipinski definition) is 1.